The number of nitrogens with zero attached hydrogens (tertiary/aromatic N) is 1. The van der Waals surface area contributed by atoms with Crippen LogP contribution >= 0.6 is 11.6 Å². The van der Waals surface area contributed by atoms with Crippen molar-refractivity contribution in [2.75, 3.05) is 20.6 Å². The highest BCUT2D eigenvalue weighted by atomic mass is 35.5. The maximum Gasteiger partial charge on any atom is 0.416 e. The quantitative estimate of drug-likeness (QED) is 0.547. The fourth-order valence-electron chi connectivity index (χ4n) is 2.46. The number of halogens is 4. The van der Waals surface area contributed by atoms with Gasteiger partial charge in [-0.25, -0.2) is 9.59 Å². The molecule has 11 heteroatoms. The van der Waals surface area contributed by atoms with Gasteiger partial charge in [0, 0.05) is 10.6 Å². The average molecular weight is 475 g/mol. The average Bonchev–Trinajstić information content (AvgIpc) is 2.71. The topological polar surface area (TPSA) is 107 Å². The van der Waals surface area contributed by atoms with Gasteiger partial charge in [0.1, 0.15) is 0 Å². The SMILES string of the molecule is CN(C)CCC(NC(=O)c1ccc(C(F)(F)F)cc1)c1ccc(Cl)cc1.O=C(O)C(=O)O. The Labute approximate surface area is 187 Å². The molecule has 2 rings (SSSR count). The van der Waals surface area contributed by atoms with E-state index in [2.05, 4.69) is 5.32 Å². The number of hydrogen-bond acceptors (Lipinski definition) is 4. The van der Waals surface area contributed by atoms with Crippen LogP contribution in [0.3, 0.4) is 0 Å². The molecule has 0 aromatic heterocycles. The van der Waals surface area contributed by atoms with Gasteiger partial charge in [0.05, 0.1) is 11.6 Å². The highest BCUT2D eigenvalue weighted by Crippen LogP contribution is 2.29. The summed E-state index contributed by atoms with van der Waals surface area (Å²) in [5, 5.41) is 18.3. The molecular weight excluding hydrogens is 453 g/mol. The maximum atomic E-state index is 12.6. The molecule has 0 bridgehead atoms. The Hall–Kier alpha value is -3.11. The first-order chi connectivity index (χ1) is 14.8. The lowest BCUT2D eigenvalue weighted by Gasteiger charge is -2.21. The number of carbonyl (C=O) groups excluding carboxylic acids is 1. The van der Waals surface area contributed by atoms with Crippen molar-refractivity contribution in [3.05, 3.63) is 70.2 Å². The summed E-state index contributed by atoms with van der Waals surface area (Å²) in [6, 6.07) is 11.0. The number of hydrogen-bond donors (Lipinski definition) is 3. The van der Waals surface area contributed by atoms with Crippen molar-refractivity contribution in [1.82, 2.24) is 10.2 Å². The molecule has 0 spiro atoms. The lowest BCUT2D eigenvalue weighted by atomic mass is 10.0. The van der Waals surface area contributed by atoms with Crippen LogP contribution in [0.25, 0.3) is 0 Å². The summed E-state index contributed by atoms with van der Waals surface area (Å²) in [4.78, 5) is 32.7. The summed E-state index contributed by atoms with van der Waals surface area (Å²) in [6.45, 7) is 0.737. The Kier molecular flexibility index (Phi) is 10.1. The molecule has 0 aliphatic heterocycles. The van der Waals surface area contributed by atoms with Crippen molar-refractivity contribution in [1.29, 1.82) is 0 Å². The van der Waals surface area contributed by atoms with Crippen LogP contribution in [0.1, 0.15) is 33.9 Å². The molecule has 0 heterocycles. The van der Waals surface area contributed by atoms with Crippen molar-refractivity contribution in [3.63, 3.8) is 0 Å². The van der Waals surface area contributed by atoms with Gasteiger partial charge in [-0.15, -0.1) is 0 Å². The van der Waals surface area contributed by atoms with Crippen molar-refractivity contribution in [3.8, 4) is 0 Å². The van der Waals surface area contributed by atoms with Gasteiger partial charge in [0.25, 0.3) is 5.91 Å². The summed E-state index contributed by atoms with van der Waals surface area (Å²) < 4.78 is 37.9. The van der Waals surface area contributed by atoms with Gasteiger partial charge in [-0.05, 0) is 69.0 Å². The largest absolute Gasteiger partial charge is 0.473 e. The van der Waals surface area contributed by atoms with Crippen LogP contribution < -0.4 is 5.32 Å². The molecule has 1 unspecified atom stereocenters. The number of aliphatic carboxylic acids is 2. The molecule has 3 N–H and O–H groups in total. The van der Waals surface area contributed by atoms with E-state index in [1.165, 1.54) is 12.1 Å². The summed E-state index contributed by atoms with van der Waals surface area (Å²) >= 11 is 5.91. The third-order valence-corrected chi connectivity index (χ3v) is 4.35. The summed E-state index contributed by atoms with van der Waals surface area (Å²) in [7, 11) is 3.85. The molecule has 7 nitrogen and oxygen atoms in total. The third-order valence-electron chi connectivity index (χ3n) is 4.10. The molecule has 0 fully saturated rings. The Bertz CT molecular complexity index is 905. The highest BCUT2D eigenvalue weighted by molar-refractivity contribution is 6.30. The molecule has 0 saturated heterocycles. The summed E-state index contributed by atoms with van der Waals surface area (Å²) in [5.74, 6) is -4.07. The first kappa shape index (κ1) is 26.9. The zero-order valence-corrected chi connectivity index (χ0v) is 17.9. The lowest BCUT2D eigenvalue weighted by Crippen LogP contribution is -2.31. The number of benzene rings is 2. The van der Waals surface area contributed by atoms with Crippen LogP contribution in [-0.2, 0) is 15.8 Å². The van der Waals surface area contributed by atoms with E-state index in [9.17, 15) is 18.0 Å². The minimum atomic E-state index is -4.42. The maximum absolute atomic E-state index is 12.6. The molecular formula is C21H22ClF3N2O5. The minimum Gasteiger partial charge on any atom is -0.473 e. The Morgan fingerprint density at radius 1 is 0.969 bits per heavy atom. The Morgan fingerprint density at radius 2 is 1.47 bits per heavy atom. The first-order valence-corrected chi connectivity index (χ1v) is 9.53. The minimum absolute atomic E-state index is 0.182. The molecule has 0 radical (unpaired) electrons. The van der Waals surface area contributed by atoms with E-state index in [0.29, 0.717) is 11.4 Å². The van der Waals surface area contributed by atoms with E-state index in [1.54, 1.807) is 12.1 Å². The second kappa shape index (κ2) is 12.1. The fraction of sp³-hybridized carbons (Fsp3) is 0.286. The molecule has 174 valence electrons. The normalized spacial score (nSPS) is 11.8. The molecule has 1 amide bonds. The smallest absolute Gasteiger partial charge is 0.416 e. The summed E-state index contributed by atoms with van der Waals surface area (Å²) in [5.41, 5.74) is 0.286. The van der Waals surface area contributed by atoms with E-state index in [0.717, 1.165) is 24.2 Å². The van der Waals surface area contributed by atoms with E-state index in [1.807, 2.05) is 31.1 Å². The molecule has 0 aliphatic rings. The molecule has 0 saturated carbocycles. The van der Waals surface area contributed by atoms with Crippen molar-refractivity contribution in [2.24, 2.45) is 0 Å². The predicted octanol–water partition coefficient (Wildman–Crippen LogP) is 3.94. The monoisotopic (exact) mass is 474 g/mol. The zero-order valence-electron chi connectivity index (χ0n) is 17.2. The lowest BCUT2D eigenvalue weighted by molar-refractivity contribution is -0.159. The number of nitrogens with one attached hydrogen (secondary N) is 1. The van der Waals surface area contributed by atoms with Gasteiger partial charge in [0.2, 0.25) is 0 Å². The molecule has 32 heavy (non-hydrogen) atoms. The van der Waals surface area contributed by atoms with Crippen LogP contribution in [0.2, 0.25) is 5.02 Å². The van der Waals surface area contributed by atoms with Crippen LogP contribution in [0.4, 0.5) is 13.2 Å². The van der Waals surface area contributed by atoms with Crippen LogP contribution in [0.15, 0.2) is 48.5 Å². The first-order valence-electron chi connectivity index (χ1n) is 9.15. The van der Waals surface area contributed by atoms with Crippen molar-refractivity contribution >= 4 is 29.4 Å². The van der Waals surface area contributed by atoms with Gasteiger partial charge < -0.3 is 20.4 Å². The fourth-order valence-corrected chi connectivity index (χ4v) is 2.58. The number of carbonyl (C=O) groups is 3. The van der Waals surface area contributed by atoms with E-state index in [4.69, 9.17) is 31.4 Å². The van der Waals surface area contributed by atoms with E-state index >= 15 is 0 Å². The number of carboxylic acids is 2. The van der Waals surface area contributed by atoms with Gasteiger partial charge >= 0.3 is 18.1 Å². The van der Waals surface area contributed by atoms with Crippen LogP contribution in [0.5, 0.6) is 0 Å². The van der Waals surface area contributed by atoms with Gasteiger partial charge in [-0.1, -0.05) is 23.7 Å². The van der Waals surface area contributed by atoms with Gasteiger partial charge in [-0.3, -0.25) is 4.79 Å². The number of rotatable bonds is 6. The zero-order chi connectivity index (χ0) is 24.5. The van der Waals surface area contributed by atoms with Gasteiger partial charge in [-0.2, -0.15) is 13.2 Å². The number of amides is 1. The van der Waals surface area contributed by atoms with Crippen LogP contribution in [0, 0.1) is 0 Å². The Morgan fingerprint density at radius 3 is 1.88 bits per heavy atom. The second-order valence-electron chi connectivity index (χ2n) is 6.85. The molecule has 1 atom stereocenters. The third kappa shape index (κ3) is 9.36. The standard InChI is InChI=1S/C19H20ClF3N2O.C2H2O4/c1-25(2)12-11-17(13-5-9-16(20)10-6-13)24-18(26)14-3-7-15(8-4-14)19(21,22)23;3-1(4)2(5)6/h3-10,17H,11-12H2,1-2H3,(H,24,26);(H,3,4)(H,5,6). The molecule has 2 aromatic rings. The molecule has 0 aliphatic carbocycles. The van der Waals surface area contributed by atoms with Gasteiger partial charge in [0.15, 0.2) is 0 Å². The van der Waals surface area contributed by atoms with Crippen molar-refractivity contribution < 1.29 is 37.8 Å². The summed E-state index contributed by atoms with van der Waals surface area (Å²) in [6.07, 6.45) is -3.77. The van der Waals surface area contributed by atoms with Crippen LogP contribution in [-0.4, -0.2) is 53.6 Å². The number of alkyl halides is 3. The van der Waals surface area contributed by atoms with E-state index in [-0.39, 0.29) is 11.6 Å². The predicted molar refractivity (Wildman–Crippen MR) is 112 cm³/mol. The Balaban J connectivity index is 0.000000751. The van der Waals surface area contributed by atoms with E-state index < -0.39 is 29.6 Å². The second-order valence-corrected chi connectivity index (χ2v) is 7.29. The molecule has 2 aromatic carbocycles. The number of carboxylic acid groups (broad SMARTS) is 2. The van der Waals surface area contributed by atoms with Crippen molar-refractivity contribution in [2.45, 2.75) is 18.6 Å². The highest BCUT2D eigenvalue weighted by Gasteiger charge is 2.30.